The van der Waals surface area contributed by atoms with Crippen LogP contribution in [0.1, 0.15) is 70.5 Å². The number of aliphatic hydroxyl groups excluding tert-OH is 1. The van der Waals surface area contributed by atoms with Crippen LogP contribution in [0, 0.1) is 5.92 Å². The molecule has 4 nitrogen and oxygen atoms in total. The fourth-order valence-electron chi connectivity index (χ4n) is 3.30. The van der Waals surface area contributed by atoms with Gasteiger partial charge >= 0.3 is 0 Å². The quantitative estimate of drug-likeness (QED) is 0.791. The van der Waals surface area contributed by atoms with Gasteiger partial charge in [0.05, 0.1) is 11.6 Å². The van der Waals surface area contributed by atoms with Crippen molar-refractivity contribution >= 4 is 11.7 Å². The molecular weight excluding hydrogens is 314 g/mol. The summed E-state index contributed by atoms with van der Waals surface area (Å²) in [6.45, 7) is 10.7. The lowest BCUT2D eigenvalue weighted by Gasteiger charge is -2.27. The summed E-state index contributed by atoms with van der Waals surface area (Å²) in [6.07, 6.45) is 1.10. The zero-order valence-electron chi connectivity index (χ0n) is 15.9. The second-order valence-corrected chi connectivity index (χ2v) is 7.51. The summed E-state index contributed by atoms with van der Waals surface area (Å²) in [5.74, 6) is -0.370. The monoisotopic (exact) mass is 343 g/mol. The van der Waals surface area contributed by atoms with Crippen LogP contribution < -0.4 is 0 Å². The third-order valence-electron chi connectivity index (χ3n) is 4.58. The predicted molar refractivity (Wildman–Crippen MR) is 99.4 cm³/mol. The van der Waals surface area contributed by atoms with E-state index in [9.17, 15) is 14.7 Å². The highest BCUT2D eigenvalue weighted by Gasteiger charge is 2.42. The Morgan fingerprint density at radius 1 is 1.16 bits per heavy atom. The molecule has 2 rings (SSSR count). The van der Waals surface area contributed by atoms with Gasteiger partial charge in [0.15, 0.2) is 11.5 Å². The van der Waals surface area contributed by atoms with Gasteiger partial charge < -0.3 is 10.0 Å². The molecule has 0 radical (unpaired) electrons. The summed E-state index contributed by atoms with van der Waals surface area (Å²) < 4.78 is 0. The van der Waals surface area contributed by atoms with E-state index in [1.165, 1.54) is 5.56 Å². The third-order valence-corrected chi connectivity index (χ3v) is 4.58. The van der Waals surface area contributed by atoms with Crippen LogP contribution in [-0.2, 0) is 9.59 Å². The first kappa shape index (κ1) is 19.2. The van der Waals surface area contributed by atoms with Crippen molar-refractivity contribution < 1.29 is 14.7 Å². The minimum Gasteiger partial charge on any atom is -0.503 e. The Balaban J connectivity index is 2.46. The lowest BCUT2D eigenvalue weighted by atomic mass is 9.91. The Hall–Kier alpha value is -2.10. The van der Waals surface area contributed by atoms with Crippen molar-refractivity contribution in [2.75, 3.05) is 6.54 Å². The van der Waals surface area contributed by atoms with Crippen molar-refractivity contribution in [2.24, 2.45) is 5.92 Å². The molecule has 0 aliphatic carbocycles. The molecule has 1 heterocycles. The Kier molecular flexibility index (Phi) is 6.04. The Bertz CT molecular complexity index is 671. The van der Waals surface area contributed by atoms with Crippen molar-refractivity contribution in [3.05, 3.63) is 46.7 Å². The normalized spacial score (nSPS) is 18.0. The standard InChI is InChI=1S/C21H29NO3/c1-6-11-22-19(16-9-7-15(8-10-16)14(4)5)18(20(24)21(22)25)17(23)12-13(2)3/h7-10,13-14,19,24H,6,11-12H2,1-5H3. The number of rotatable bonds is 7. The van der Waals surface area contributed by atoms with E-state index in [0.29, 0.717) is 18.9 Å². The fourth-order valence-corrected chi connectivity index (χ4v) is 3.30. The van der Waals surface area contributed by atoms with E-state index in [0.717, 1.165) is 12.0 Å². The molecule has 1 unspecified atom stereocenters. The Morgan fingerprint density at radius 2 is 1.76 bits per heavy atom. The summed E-state index contributed by atoms with van der Waals surface area (Å²) >= 11 is 0. The lowest BCUT2D eigenvalue weighted by Crippen LogP contribution is -2.31. The first-order valence-corrected chi connectivity index (χ1v) is 9.15. The minimum absolute atomic E-state index is 0.141. The minimum atomic E-state index is -0.486. The molecule has 0 aromatic heterocycles. The maximum absolute atomic E-state index is 12.7. The molecule has 1 aromatic rings. The molecule has 0 bridgehead atoms. The number of amides is 1. The third kappa shape index (κ3) is 3.94. The summed E-state index contributed by atoms with van der Waals surface area (Å²) in [6, 6.07) is 7.53. The first-order valence-electron chi connectivity index (χ1n) is 9.15. The van der Waals surface area contributed by atoms with E-state index in [1.54, 1.807) is 4.90 Å². The number of carbonyl (C=O) groups is 2. The van der Waals surface area contributed by atoms with Gasteiger partial charge in [0, 0.05) is 13.0 Å². The van der Waals surface area contributed by atoms with Gasteiger partial charge in [-0.05, 0) is 29.4 Å². The maximum atomic E-state index is 12.7. The SMILES string of the molecule is CCCN1C(=O)C(O)=C(C(=O)CC(C)C)C1c1ccc(C(C)C)cc1. The fraction of sp³-hybridized carbons (Fsp3) is 0.524. The van der Waals surface area contributed by atoms with Crippen LogP contribution in [-0.4, -0.2) is 28.2 Å². The lowest BCUT2D eigenvalue weighted by molar-refractivity contribution is -0.129. The molecule has 1 aliphatic rings. The second-order valence-electron chi connectivity index (χ2n) is 7.51. The molecular formula is C21H29NO3. The van der Waals surface area contributed by atoms with E-state index in [-0.39, 0.29) is 23.0 Å². The molecule has 0 fully saturated rings. The second kappa shape index (κ2) is 7.85. The molecule has 0 saturated heterocycles. The smallest absolute Gasteiger partial charge is 0.290 e. The van der Waals surface area contributed by atoms with Gasteiger partial charge in [0.2, 0.25) is 0 Å². The number of carbonyl (C=O) groups excluding carboxylic acids is 2. The molecule has 0 spiro atoms. The molecule has 1 atom stereocenters. The number of nitrogens with zero attached hydrogens (tertiary/aromatic N) is 1. The van der Waals surface area contributed by atoms with Gasteiger partial charge in [-0.1, -0.05) is 58.9 Å². The highest BCUT2D eigenvalue weighted by Crippen LogP contribution is 2.39. The summed E-state index contributed by atoms with van der Waals surface area (Å²) in [4.78, 5) is 26.9. The number of benzene rings is 1. The molecule has 4 heteroatoms. The number of hydrogen-bond acceptors (Lipinski definition) is 3. The van der Waals surface area contributed by atoms with Crippen LogP contribution in [0.15, 0.2) is 35.6 Å². The van der Waals surface area contributed by atoms with E-state index in [1.807, 2.05) is 45.0 Å². The van der Waals surface area contributed by atoms with Crippen LogP contribution in [0.2, 0.25) is 0 Å². The molecule has 0 saturated carbocycles. The highest BCUT2D eigenvalue weighted by atomic mass is 16.3. The Morgan fingerprint density at radius 3 is 2.24 bits per heavy atom. The maximum Gasteiger partial charge on any atom is 0.290 e. The molecule has 25 heavy (non-hydrogen) atoms. The van der Waals surface area contributed by atoms with Gasteiger partial charge in [-0.15, -0.1) is 0 Å². The van der Waals surface area contributed by atoms with Crippen LogP contribution in [0.3, 0.4) is 0 Å². The molecule has 1 aromatic carbocycles. The summed E-state index contributed by atoms with van der Waals surface area (Å²) in [7, 11) is 0. The van der Waals surface area contributed by atoms with Crippen LogP contribution in [0.4, 0.5) is 0 Å². The zero-order valence-corrected chi connectivity index (χ0v) is 15.9. The van der Waals surface area contributed by atoms with Crippen molar-refractivity contribution in [3.8, 4) is 0 Å². The zero-order chi connectivity index (χ0) is 18.7. The number of hydrogen-bond donors (Lipinski definition) is 1. The van der Waals surface area contributed by atoms with Gasteiger partial charge in [-0.2, -0.15) is 0 Å². The summed E-state index contributed by atoms with van der Waals surface area (Å²) in [5.41, 5.74) is 2.34. The van der Waals surface area contributed by atoms with Crippen molar-refractivity contribution in [3.63, 3.8) is 0 Å². The Labute approximate surface area is 150 Å². The van der Waals surface area contributed by atoms with Gasteiger partial charge in [-0.25, -0.2) is 0 Å². The number of ketones is 1. The number of aliphatic hydroxyl groups is 1. The van der Waals surface area contributed by atoms with Crippen LogP contribution >= 0.6 is 0 Å². The van der Waals surface area contributed by atoms with Crippen molar-refractivity contribution in [1.82, 2.24) is 4.90 Å². The van der Waals surface area contributed by atoms with Crippen LogP contribution in [0.5, 0.6) is 0 Å². The topological polar surface area (TPSA) is 57.6 Å². The van der Waals surface area contributed by atoms with Crippen molar-refractivity contribution in [2.45, 2.75) is 59.4 Å². The molecule has 1 aliphatic heterocycles. The van der Waals surface area contributed by atoms with Crippen molar-refractivity contribution in [1.29, 1.82) is 0 Å². The largest absolute Gasteiger partial charge is 0.503 e. The average Bonchev–Trinajstić information content (AvgIpc) is 2.79. The van der Waals surface area contributed by atoms with Gasteiger partial charge in [0.1, 0.15) is 0 Å². The predicted octanol–water partition coefficient (Wildman–Crippen LogP) is 4.53. The molecule has 1 amide bonds. The number of Topliss-reactive ketones (excluding diaryl/α,β-unsaturated/α-hetero) is 1. The average molecular weight is 343 g/mol. The first-order chi connectivity index (χ1) is 11.8. The van der Waals surface area contributed by atoms with Gasteiger partial charge in [0.25, 0.3) is 5.91 Å². The van der Waals surface area contributed by atoms with Crippen LogP contribution in [0.25, 0.3) is 0 Å². The summed E-state index contributed by atoms with van der Waals surface area (Å²) in [5, 5.41) is 10.4. The van der Waals surface area contributed by atoms with E-state index in [4.69, 9.17) is 0 Å². The molecule has 136 valence electrons. The van der Waals surface area contributed by atoms with E-state index < -0.39 is 11.9 Å². The van der Waals surface area contributed by atoms with E-state index in [2.05, 4.69) is 13.8 Å². The van der Waals surface area contributed by atoms with E-state index >= 15 is 0 Å². The van der Waals surface area contributed by atoms with Gasteiger partial charge in [-0.3, -0.25) is 9.59 Å². The molecule has 1 N–H and O–H groups in total. The highest BCUT2D eigenvalue weighted by molar-refractivity contribution is 6.09.